The number of hydrogen-bond acceptors (Lipinski definition) is 6. The fraction of sp³-hybridized carbons (Fsp3) is 0. The summed E-state index contributed by atoms with van der Waals surface area (Å²) >= 11 is 0. The lowest BCUT2D eigenvalue weighted by Gasteiger charge is -1.94. The van der Waals surface area contributed by atoms with Gasteiger partial charge in [-0.1, -0.05) is 18.2 Å². The van der Waals surface area contributed by atoms with Gasteiger partial charge < -0.3 is 10.7 Å². The Bertz CT molecular complexity index is 788. The molecule has 0 radical (unpaired) electrons. The lowest BCUT2D eigenvalue weighted by molar-refractivity contribution is 0.0946. The monoisotopic (exact) mass is 270 g/mol. The molecule has 0 aliphatic rings. The van der Waals surface area contributed by atoms with Crippen LogP contribution in [0, 0.1) is 0 Å². The highest BCUT2D eigenvalue weighted by Crippen LogP contribution is 2.15. The zero-order chi connectivity index (χ0) is 13.9. The number of anilines is 1. The minimum Gasteiger partial charge on any atom is -0.379 e. The van der Waals surface area contributed by atoms with Gasteiger partial charge in [0.05, 0.1) is 6.21 Å². The van der Waals surface area contributed by atoms with Crippen LogP contribution >= 0.6 is 0 Å². The molecule has 1 aromatic carbocycles. The van der Waals surface area contributed by atoms with Crippen LogP contribution in [0.15, 0.2) is 40.2 Å². The number of carbonyl (C=O) groups excluding carboxylic acids is 1. The molecule has 0 aliphatic carbocycles. The normalized spacial score (nSPS) is 11.2. The van der Waals surface area contributed by atoms with Crippen molar-refractivity contribution in [3.05, 3.63) is 41.7 Å². The molecule has 0 spiro atoms. The Hall–Kier alpha value is -3.16. The number of nitrogen functional groups attached to an aromatic ring is 1. The third kappa shape index (κ3) is 2.09. The standard InChI is InChI=1S/C12H10N6O2/c13-11-10(17-20-18-11)12(19)16-15-6-7-5-14-9-4-2-1-3-8(7)9/h1-6,14H,(H2,13,18)(H,16,19)/b15-6+. The predicted octanol–water partition coefficient (Wildman–Crippen LogP) is 0.897. The summed E-state index contributed by atoms with van der Waals surface area (Å²) in [7, 11) is 0. The minimum absolute atomic E-state index is 0.0789. The Balaban J connectivity index is 1.75. The van der Waals surface area contributed by atoms with E-state index in [1.165, 1.54) is 6.21 Å². The molecule has 2 aromatic heterocycles. The summed E-state index contributed by atoms with van der Waals surface area (Å²) in [6.45, 7) is 0. The predicted molar refractivity (Wildman–Crippen MR) is 72.1 cm³/mol. The second-order valence-electron chi connectivity index (χ2n) is 3.99. The Morgan fingerprint density at radius 3 is 3.05 bits per heavy atom. The zero-order valence-corrected chi connectivity index (χ0v) is 10.2. The summed E-state index contributed by atoms with van der Waals surface area (Å²) in [5, 5.41) is 11.5. The number of aromatic nitrogens is 3. The number of fused-ring (bicyclic) bond motifs is 1. The maximum Gasteiger partial charge on any atom is 0.297 e. The first kappa shape index (κ1) is 11.9. The second-order valence-corrected chi connectivity index (χ2v) is 3.99. The van der Waals surface area contributed by atoms with Crippen molar-refractivity contribution < 1.29 is 9.42 Å². The van der Waals surface area contributed by atoms with Gasteiger partial charge in [-0.15, -0.1) is 0 Å². The van der Waals surface area contributed by atoms with Gasteiger partial charge in [-0.25, -0.2) is 10.1 Å². The Morgan fingerprint density at radius 2 is 2.25 bits per heavy atom. The largest absolute Gasteiger partial charge is 0.379 e. The van der Waals surface area contributed by atoms with E-state index in [-0.39, 0.29) is 11.5 Å². The number of H-pyrrole nitrogens is 1. The van der Waals surface area contributed by atoms with Gasteiger partial charge in [0.15, 0.2) is 0 Å². The molecule has 8 nitrogen and oxygen atoms in total. The lowest BCUT2D eigenvalue weighted by Crippen LogP contribution is -2.19. The molecule has 0 aliphatic heterocycles. The SMILES string of the molecule is Nc1nonc1C(=O)N/N=C/c1c[nH]c2ccccc12. The molecule has 0 saturated heterocycles. The van der Waals surface area contributed by atoms with Gasteiger partial charge >= 0.3 is 0 Å². The molecular formula is C12H10N6O2. The summed E-state index contributed by atoms with van der Waals surface area (Å²) in [4.78, 5) is 14.7. The first-order chi connectivity index (χ1) is 9.75. The summed E-state index contributed by atoms with van der Waals surface area (Å²) in [6, 6.07) is 7.76. The number of hydrogen-bond donors (Lipinski definition) is 3. The molecule has 8 heteroatoms. The molecule has 100 valence electrons. The highest BCUT2D eigenvalue weighted by atomic mass is 16.6. The highest BCUT2D eigenvalue weighted by molar-refractivity contribution is 6.00. The Kier molecular flexibility index (Phi) is 2.88. The van der Waals surface area contributed by atoms with Crippen LogP contribution in [0.1, 0.15) is 16.1 Å². The molecule has 1 amide bonds. The van der Waals surface area contributed by atoms with E-state index in [9.17, 15) is 4.79 Å². The van der Waals surface area contributed by atoms with Crippen molar-refractivity contribution in [3.63, 3.8) is 0 Å². The van der Waals surface area contributed by atoms with Gasteiger partial charge in [-0.05, 0) is 16.4 Å². The van der Waals surface area contributed by atoms with Crippen LogP contribution in [-0.4, -0.2) is 27.4 Å². The smallest absolute Gasteiger partial charge is 0.297 e. The van der Waals surface area contributed by atoms with Gasteiger partial charge in [-0.2, -0.15) is 5.10 Å². The average Bonchev–Trinajstić information content (AvgIpc) is 3.05. The van der Waals surface area contributed by atoms with Crippen LogP contribution in [-0.2, 0) is 0 Å². The van der Waals surface area contributed by atoms with E-state index in [4.69, 9.17) is 5.73 Å². The lowest BCUT2D eigenvalue weighted by atomic mass is 10.2. The Morgan fingerprint density at radius 1 is 1.40 bits per heavy atom. The van der Waals surface area contributed by atoms with E-state index in [1.807, 2.05) is 24.3 Å². The van der Waals surface area contributed by atoms with Gasteiger partial charge in [0.2, 0.25) is 11.5 Å². The van der Waals surface area contributed by atoms with E-state index >= 15 is 0 Å². The maximum atomic E-state index is 11.6. The number of nitrogens with one attached hydrogen (secondary N) is 2. The molecule has 0 fully saturated rings. The molecule has 20 heavy (non-hydrogen) atoms. The van der Waals surface area contributed by atoms with Crippen molar-refractivity contribution in [2.24, 2.45) is 5.10 Å². The number of aromatic amines is 1. The minimum atomic E-state index is -0.583. The topological polar surface area (TPSA) is 122 Å². The van der Waals surface area contributed by atoms with Crippen molar-refractivity contribution >= 4 is 28.8 Å². The van der Waals surface area contributed by atoms with E-state index in [0.29, 0.717) is 0 Å². The molecule has 0 unspecified atom stereocenters. The molecule has 3 rings (SSSR count). The highest BCUT2D eigenvalue weighted by Gasteiger charge is 2.14. The quantitative estimate of drug-likeness (QED) is 0.482. The van der Waals surface area contributed by atoms with E-state index in [1.54, 1.807) is 6.20 Å². The van der Waals surface area contributed by atoms with Gasteiger partial charge in [0.1, 0.15) is 0 Å². The van der Waals surface area contributed by atoms with Crippen molar-refractivity contribution in [2.75, 3.05) is 5.73 Å². The molecule has 0 atom stereocenters. The molecule has 3 aromatic rings. The number of hydrazone groups is 1. The Labute approximate surface area is 112 Å². The van der Waals surface area contributed by atoms with E-state index in [2.05, 4.69) is 30.5 Å². The van der Waals surface area contributed by atoms with Gasteiger partial charge in [-0.3, -0.25) is 4.79 Å². The molecule has 0 saturated carbocycles. The molecule has 0 bridgehead atoms. The number of para-hydroxylation sites is 1. The van der Waals surface area contributed by atoms with Crippen LogP contribution in [0.5, 0.6) is 0 Å². The summed E-state index contributed by atoms with van der Waals surface area (Å²) in [6.07, 6.45) is 3.33. The third-order valence-electron chi connectivity index (χ3n) is 2.72. The molecule has 2 heterocycles. The van der Waals surface area contributed by atoms with Crippen molar-refractivity contribution in [2.45, 2.75) is 0 Å². The average molecular weight is 270 g/mol. The van der Waals surface area contributed by atoms with Crippen LogP contribution in [0.25, 0.3) is 10.9 Å². The van der Waals surface area contributed by atoms with Crippen LogP contribution in [0.3, 0.4) is 0 Å². The summed E-state index contributed by atoms with van der Waals surface area (Å²) in [5.74, 6) is -0.662. The fourth-order valence-electron chi connectivity index (χ4n) is 1.77. The van der Waals surface area contributed by atoms with E-state index in [0.717, 1.165) is 16.5 Å². The number of nitrogens with zero attached hydrogens (tertiary/aromatic N) is 3. The van der Waals surface area contributed by atoms with E-state index < -0.39 is 5.91 Å². The van der Waals surface area contributed by atoms with Crippen molar-refractivity contribution in [1.82, 2.24) is 20.7 Å². The van der Waals surface area contributed by atoms with Crippen LogP contribution in [0.2, 0.25) is 0 Å². The summed E-state index contributed by atoms with van der Waals surface area (Å²) < 4.78 is 4.33. The van der Waals surface area contributed by atoms with Crippen LogP contribution in [0.4, 0.5) is 5.82 Å². The zero-order valence-electron chi connectivity index (χ0n) is 10.2. The third-order valence-corrected chi connectivity index (χ3v) is 2.72. The van der Waals surface area contributed by atoms with Crippen molar-refractivity contribution in [3.8, 4) is 0 Å². The van der Waals surface area contributed by atoms with Gasteiger partial charge in [0.25, 0.3) is 5.91 Å². The fourth-order valence-corrected chi connectivity index (χ4v) is 1.77. The number of amides is 1. The van der Waals surface area contributed by atoms with Crippen molar-refractivity contribution in [1.29, 1.82) is 0 Å². The maximum absolute atomic E-state index is 11.6. The summed E-state index contributed by atoms with van der Waals surface area (Å²) in [5.41, 5.74) is 9.45. The number of nitrogens with two attached hydrogens (primary N) is 1. The number of carbonyl (C=O) groups is 1. The van der Waals surface area contributed by atoms with Crippen LogP contribution < -0.4 is 11.2 Å². The molecule has 4 N–H and O–H groups in total. The molecular weight excluding hydrogens is 260 g/mol. The number of benzene rings is 1. The van der Waals surface area contributed by atoms with Gasteiger partial charge in [0, 0.05) is 22.7 Å². The second kappa shape index (κ2) is 4.84. The number of rotatable bonds is 3. The first-order valence-corrected chi connectivity index (χ1v) is 5.73. The first-order valence-electron chi connectivity index (χ1n) is 5.73.